The number of rotatable bonds is 5. The van der Waals surface area contributed by atoms with Gasteiger partial charge in [-0.3, -0.25) is 9.78 Å². The van der Waals surface area contributed by atoms with Gasteiger partial charge in [0.05, 0.1) is 17.6 Å². The summed E-state index contributed by atoms with van der Waals surface area (Å²) in [5.41, 5.74) is 8.75. The van der Waals surface area contributed by atoms with Gasteiger partial charge in [0.1, 0.15) is 10.1 Å². The summed E-state index contributed by atoms with van der Waals surface area (Å²) < 4.78 is 0.894. The van der Waals surface area contributed by atoms with Gasteiger partial charge in [0.15, 0.2) is 0 Å². The van der Waals surface area contributed by atoms with E-state index in [4.69, 9.17) is 18.0 Å². The SMILES string of the molecule is Nc1ccccc1NC(=O)c1ccc(CSC(=S)N2CCN(c3cnccn3)CC2)cc1. The smallest absolute Gasteiger partial charge is 0.255 e. The van der Waals surface area contributed by atoms with Gasteiger partial charge < -0.3 is 20.9 Å². The fourth-order valence-electron chi connectivity index (χ4n) is 3.37. The molecule has 164 valence electrons. The van der Waals surface area contributed by atoms with E-state index in [-0.39, 0.29) is 5.91 Å². The number of carbonyl (C=O) groups is 1. The number of thiocarbonyl (C=S) groups is 1. The number of aromatic nitrogens is 2. The molecule has 0 saturated carbocycles. The molecule has 1 saturated heterocycles. The minimum absolute atomic E-state index is 0.182. The normalized spacial score (nSPS) is 13.6. The maximum Gasteiger partial charge on any atom is 0.255 e. The van der Waals surface area contributed by atoms with Crippen LogP contribution in [0.25, 0.3) is 0 Å². The first-order chi connectivity index (χ1) is 15.6. The first kappa shape index (κ1) is 22.0. The summed E-state index contributed by atoms with van der Waals surface area (Å²) in [7, 11) is 0. The molecule has 1 aromatic heterocycles. The number of nitrogens with one attached hydrogen (secondary N) is 1. The second kappa shape index (κ2) is 10.4. The number of hydrogen-bond donors (Lipinski definition) is 2. The van der Waals surface area contributed by atoms with Crippen LogP contribution in [0.3, 0.4) is 0 Å². The van der Waals surface area contributed by atoms with Crippen LogP contribution in [-0.2, 0) is 5.75 Å². The summed E-state index contributed by atoms with van der Waals surface area (Å²) >= 11 is 7.29. The second-order valence-corrected chi connectivity index (χ2v) is 8.94. The Morgan fingerprint density at radius 1 is 1.06 bits per heavy atom. The molecule has 2 heterocycles. The maximum absolute atomic E-state index is 12.5. The number of nitrogens with two attached hydrogens (primary N) is 1. The Labute approximate surface area is 197 Å². The van der Waals surface area contributed by atoms with Gasteiger partial charge in [0.2, 0.25) is 0 Å². The lowest BCUT2D eigenvalue weighted by Gasteiger charge is -2.36. The van der Waals surface area contributed by atoms with Crippen molar-refractivity contribution in [3.8, 4) is 0 Å². The zero-order valence-corrected chi connectivity index (χ0v) is 19.1. The van der Waals surface area contributed by atoms with E-state index in [9.17, 15) is 4.79 Å². The summed E-state index contributed by atoms with van der Waals surface area (Å²) in [6, 6.07) is 14.8. The van der Waals surface area contributed by atoms with Gasteiger partial charge in [-0.05, 0) is 29.8 Å². The molecule has 0 spiro atoms. The van der Waals surface area contributed by atoms with Crippen LogP contribution in [0.15, 0.2) is 67.1 Å². The number of thioether (sulfide) groups is 1. The molecule has 0 radical (unpaired) electrons. The van der Waals surface area contributed by atoms with Gasteiger partial charge in [-0.1, -0.05) is 48.2 Å². The van der Waals surface area contributed by atoms with Crippen molar-refractivity contribution in [3.05, 3.63) is 78.2 Å². The van der Waals surface area contributed by atoms with Crippen molar-refractivity contribution in [2.45, 2.75) is 5.75 Å². The first-order valence-corrected chi connectivity index (χ1v) is 11.7. The molecule has 0 aliphatic carbocycles. The van der Waals surface area contributed by atoms with Crippen molar-refractivity contribution in [2.24, 2.45) is 0 Å². The van der Waals surface area contributed by atoms with E-state index in [1.165, 1.54) is 0 Å². The van der Waals surface area contributed by atoms with E-state index in [2.05, 4.69) is 25.1 Å². The minimum Gasteiger partial charge on any atom is -0.397 e. The Morgan fingerprint density at radius 3 is 2.50 bits per heavy atom. The molecule has 2 aromatic carbocycles. The van der Waals surface area contributed by atoms with Crippen LogP contribution in [0.1, 0.15) is 15.9 Å². The third-order valence-electron chi connectivity index (χ3n) is 5.20. The lowest BCUT2D eigenvalue weighted by Crippen LogP contribution is -2.47. The molecule has 1 fully saturated rings. The van der Waals surface area contributed by atoms with Gasteiger partial charge in [-0.2, -0.15) is 0 Å². The molecule has 1 aliphatic heterocycles. The van der Waals surface area contributed by atoms with E-state index in [1.807, 2.05) is 36.4 Å². The van der Waals surface area contributed by atoms with E-state index < -0.39 is 0 Å². The fraction of sp³-hybridized carbons (Fsp3) is 0.217. The lowest BCUT2D eigenvalue weighted by atomic mass is 10.1. The first-order valence-electron chi connectivity index (χ1n) is 10.3. The van der Waals surface area contributed by atoms with Crippen LogP contribution < -0.4 is 16.0 Å². The third-order valence-corrected chi connectivity index (χ3v) is 6.79. The molecule has 3 aromatic rings. The van der Waals surface area contributed by atoms with Gasteiger partial charge in [0.25, 0.3) is 5.91 Å². The fourth-order valence-corrected chi connectivity index (χ4v) is 4.57. The predicted molar refractivity (Wildman–Crippen MR) is 135 cm³/mol. The zero-order valence-electron chi connectivity index (χ0n) is 17.5. The Hall–Kier alpha value is -3.17. The highest BCUT2D eigenvalue weighted by Gasteiger charge is 2.20. The number of para-hydroxylation sites is 2. The van der Waals surface area contributed by atoms with Gasteiger partial charge in [-0.15, -0.1) is 0 Å². The molecule has 4 rings (SSSR count). The number of anilines is 3. The molecule has 3 N–H and O–H groups in total. The molecular weight excluding hydrogens is 440 g/mol. The van der Waals surface area contributed by atoms with Crippen LogP contribution >= 0.6 is 24.0 Å². The van der Waals surface area contributed by atoms with Crippen molar-refractivity contribution in [1.82, 2.24) is 14.9 Å². The highest BCUT2D eigenvalue weighted by Crippen LogP contribution is 2.21. The van der Waals surface area contributed by atoms with Crippen molar-refractivity contribution < 1.29 is 4.79 Å². The average molecular weight is 465 g/mol. The Bertz CT molecular complexity index is 1070. The molecule has 0 unspecified atom stereocenters. The van der Waals surface area contributed by atoms with Crippen LogP contribution in [0.4, 0.5) is 17.2 Å². The maximum atomic E-state index is 12.5. The van der Waals surface area contributed by atoms with Gasteiger partial charge in [-0.25, -0.2) is 4.98 Å². The zero-order chi connectivity index (χ0) is 22.3. The molecule has 1 amide bonds. The van der Waals surface area contributed by atoms with Crippen molar-refractivity contribution in [1.29, 1.82) is 0 Å². The van der Waals surface area contributed by atoms with E-state index in [0.29, 0.717) is 16.9 Å². The number of piperazine rings is 1. The number of benzene rings is 2. The number of nitrogens with zero attached hydrogens (tertiary/aromatic N) is 4. The lowest BCUT2D eigenvalue weighted by molar-refractivity contribution is 0.102. The summed E-state index contributed by atoms with van der Waals surface area (Å²) in [5.74, 6) is 1.49. The quantitative estimate of drug-likeness (QED) is 0.437. The highest BCUT2D eigenvalue weighted by molar-refractivity contribution is 8.22. The Balaban J connectivity index is 1.25. The molecule has 7 nitrogen and oxygen atoms in total. The number of nitrogen functional groups attached to an aromatic ring is 1. The predicted octanol–water partition coefficient (Wildman–Crippen LogP) is 3.65. The van der Waals surface area contributed by atoms with Crippen LogP contribution in [0.5, 0.6) is 0 Å². The van der Waals surface area contributed by atoms with Crippen molar-refractivity contribution >= 4 is 51.4 Å². The molecule has 1 aliphatic rings. The van der Waals surface area contributed by atoms with E-state index in [1.54, 1.807) is 42.5 Å². The van der Waals surface area contributed by atoms with Gasteiger partial charge >= 0.3 is 0 Å². The molecule has 0 atom stereocenters. The molecule has 0 bridgehead atoms. The van der Waals surface area contributed by atoms with Crippen LogP contribution in [0, 0.1) is 0 Å². The number of hydrogen-bond acceptors (Lipinski definition) is 7. The summed E-state index contributed by atoms with van der Waals surface area (Å²) in [4.78, 5) is 25.4. The molecular formula is C23H24N6OS2. The van der Waals surface area contributed by atoms with E-state index >= 15 is 0 Å². The summed E-state index contributed by atoms with van der Waals surface area (Å²) in [6.45, 7) is 3.47. The van der Waals surface area contributed by atoms with E-state index in [0.717, 1.165) is 47.6 Å². The number of carbonyl (C=O) groups excluding carboxylic acids is 1. The Morgan fingerprint density at radius 2 is 1.81 bits per heavy atom. The monoisotopic (exact) mass is 464 g/mol. The molecule has 9 heteroatoms. The average Bonchev–Trinajstić information content (AvgIpc) is 2.85. The standard InChI is InChI=1S/C23H24N6OS2/c24-19-3-1-2-4-20(19)27-22(30)18-7-5-17(6-8-18)16-32-23(31)29-13-11-28(12-14-29)21-15-25-9-10-26-21/h1-10,15H,11-14,16,24H2,(H,27,30). The summed E-state index contributed by atoms with van der Waals surface area (Å²) in [6.07, 6.45) is 5.19. The topological polar surface area (TPSA) is 87.4 Å². The summed E-state index contributed by atoms with van der Waals surface area (Å²) in [5, 5.41) is 2.85. The van der Waals surface area contributed by atoms with Crippen LogP contribution in [0.2, 0.25) is 0 Å². The van der Waals surface area contributed by atoms with Crippen LogP contribution in [-0.4, -0.2) is 51.3 Å². The highest BCUT2D eigenvalue weighted by atomic mass is 32.2. The minimum atomic E-state index is -0.182. The number of amides is 1. The second-order valence-electron chi connectivity index (χ2n) is 7.33. The third kappa shape index (κ3) is 5.54. The van der Waals surface area contributed by atoms with Crippen molar-refractivity contribution in [2.75, 3.05) is 42.1 Å². The largest absolute Gasteiger partial charge is 0.397 e. The Kier molecular flexibility index (Phi) is 7.18. The van der Waals surface area contributed by atoms with Crippen molar-refractivity contribution in [3.63, 3.8) is 0 Å². The molecule has 32 heavy (non-hydrogen) atoms. The van der Waals surface area contributed by atoms with Gasteiger partial charge in [0, 0.05) is 49.9 Å².